The van der Waals surface area contributed by atoms with Gasteiger partial charge in [-0.1, -0.05) is 13.0 Å². The number of carbonyl (C=O) groups excluding carboxylic acids is 1. The van der Waals surface area contributed by atoms with Crippen LogP contribution in [0.2, 0.25) is 0 Å². The van der Waals surface area contributed by atoms with E-state index in [1.54, 1.807) is 12.1 Å². The Morgan fingerprint density at radius 1 is 1.40 bits per heavy atom. The van der Waals surface area contributed by atoms with Gasteiger partial charge in [-0.15, -0.1) is 0 Å². The minimum Gasteiger partial charge on any atom is -0.349 e. The van der Waals surface area contributed by atoms with E-state index in [1.807, 2.05) is 0 Å². The SMILES string of the molecule is CC1CNCCC1NC(=O)c1cccc(S(C)(=O)=O)c1. The highest BCUT2D eigenvalue weighted by Crippen LogP contribution is 2.14. The molecule has 1 aliphatic rings. The minimum atomic E-state index is -3.29. The summed E-state index contributed by atoms with van der Waals surface area (Å²) in [7, 11) is -3.29. The molecule has 1 aromatic rings. The highest BCUT2D eigenvalue weighted by Gasteiger charge is 2.23. The third-order valence-electron chi connectivity index (χ3n) is 3.63. The van der Waals surface area contributed by atoms with Gasteiger partial charge in [0.15, 0.2) is 9.84 Å². The fourth-order valence-electron chi connectivity index (χ4n) is 2.35. The highest BCUT2D eigenvalue weighted by atomic mass is 32.2. The number of amides is 1. The van der Waals surface area contributed by atoms with Crippen molar-refractivity contribution >= 4 is 15.7 Å². The molecule has 1 aromatic carbocycles. The van der Waals surface area contributed by atoms with Crippen LogP contribution in [-0.2, 0) is 9.84 Å². The third kappa shape index (κ3) is 3.58. The van der Waals surface area contributed by atoms with Crippen molar-refractivity contribution in [3.05, 3.63) is 29.8 Å². The number of carbonyl (C=O) groups is 1. The molecule has 0 radical (unpaired) electrons. The lowest BCUT2D eigenvalue weighted by atomic mass is 9.95. The van der Waals surface area contributed by atoms with Crippen LogP contribution in [0.4, 0.5) is 0 Å². The van der Waals surface area contributed by atoms with Crippen LogP contribution < -0.4 is 10.6 Å². The first kappa shape index (κ1) is 15.0. The van der Waals surface area contributed by atoms with E-state index in [-0.39, 0.29) is 16.8 Å². The Balaban J connectivity index is 2.13. The Morgan fingerprint density at radius 3 is 2.80 bits per heavy atom. The fraction of sp³-hybridized carbons (Fsp3) is 0.500. The van der Waals surface area contributed by atoms with Gasteiger partial charge in [0.1, 0.15) is 0 Å². The van der Waals surface area contributed by atoms with Crippen molar-refractivity contribution in [2.75, 3.05) is 19.3 Å². The van der Waals surface area contributed by atoms with Crippen LogP contribution in [0.3, 0.4) is 0 Å². The third-order valence-corrected chi connectivity index (χ3v) is 4.74. The van der Waals surface area contributed by atoms with Gasteiger partial charge in [0.25, 0.3) is 5.91 Å². The standard InChI is InChI=1S/C14H20N2O3S/c1-10-9-15-7-6-13(10)16-14(17)11-4-3-5-12(8-11)20(2,18)19/h3-5,8,10,13,15H,6-7,9H2,1-2H3,(H,16,17). The quantitative estimate of drug-likeness (QED) is 0.866. The first-order valence-corrected chi connectivity index (χ1v) is 8.59. The molecule has 2 atom stereocenters. The second-order valence-corrected chi connectivity index (χ2v) is 7.37. The summed E-state index contributed by atoms with van der Waals surface area (Å²) >= 11 is 0. The molecule has 2 rings (SSSR count). The average Bonchev–Trinajstić information content (AvgIpc) is 2.40. The van der Waals surface area contributed by atoms with E-state index in [4.69, 9.17) is 0 Å². The lowest BCUT2D eigenvalue weighted by Gasteiger charge is -2.30. The van der Waals surface area contributed by atoms with Crippen LogP contribution in [-0.4, -0.2) is 39.7 Å². The van der Waals surface area contributed by atoms with Gasteiger partial charge in [0.2, 0.25) is 0 Å². The van der Waals surface area contributed by atoms with Gasteiger partial charge in [0.05, 0.1) is 4.90 Å². The summed E-state index contributed by atoms with van der Waals surface area (Å²) < 4.78 is 23.0. The topological polar surface area (TPSA) is 75.3 Å². The maximum Gasteiger partial charge on any atom is 0.251 e. The first-order valence-electron chi connectivity index (χ1n) is 6.69. The summed E-state index contributed by atoms with van der Waals surface area (Å²) in [6, 6.07) is 6.29. The van der Waals surface area contributed by atoms with Crippen LogP contribution in [0.1, 0.15) is 23.7 Å². The highest BCUT2D eigenvalue weighted by molar-refractivity contribution is 7.90. The second kappa shape index (κ2) is 5.93. The van der Waals surface area contributed by atoms with Crippen LogP contribution in [0, 0.1) is 5.92 Å². The Kier molecular flexibility index (Phi) is 4.45. The molecule has 0 bridgehead atoms. The van der Waals surface area contributed by atoms with E-state index in [9.17, 15) is 13.2 Å². The number of nitrogens with one attached hydrogen (secondary N) is 2. The maximum absolute atomic E-state index is 12.2. The molecular formula is C14H20N2O3S. The van der Waals surface area contributed by atoms with E-state index in [0.717, 1.165) is 25.8 Å². The molecule has 2 N–H and O–H groups in total. The number of benzene rings is 1. The number of hydrogen-bond acceptors (Lipinski definition) is 4. The van der Waals surface area contributed by atoms with Crippen molar-refractivity contribution in [1.82, 2.24) is 10.6 Å². The van der Waals surface area contributed by atoms with E-state index >= 15 is 0 Å². The Labute approximate surface area is 119 Å². The lowest BCUT2D eigenvalue weighted by Crippen LogP contribution is -2.48. The number of rotatable bonds is 3. The molecule has 1 amide bonds. The summed E-state index contributed by atoms with van der Waals surface area (Å²) in [6.45, 7) is 3.86. The molecule has 110 valence electrons. The molecule has 5 nitrogen and oxygen atoms in total. The molecule has 0 aromatic heterocycles. The normalized spacial score (nSPS) is 23.3. The van der Waals surface area contributed by atoms with Gasteiger partial charge in [-0.3, -0.25) is 4.79 Å². The molecule has 20 heavy (non-hydrogen) atoms. The molecule has 0 aliphatic carbocycles. The molecule has 1 saturated heterocycles. The molecular weight excluding hydrogens is 276 g/mol. The first-order chi connectivity index (χ1) is 9.38. The molecule has 1 heterocycles. The predicted octanol–water partition coefficient (Wildman–Crippen LogP) is 0.818. The van der Waals surface area contributed by atoms with Crippen molar-refractivity contribution in [1.29, 1.82) is 0 Å². The summed E-state index contributed by atoms with van der Waals surface area (Å²) in [5.41, 5.74) is 0.388. The number of sulfone groups is 1. The van der Waals surface area contributed by atoms with Gasteiger partial charge < -0.3 is 10.6 Å². The zero-order valence-corrected chi connectivity index (χ0v) is 12.5. The van der Waals surface area contributed by atoms with E-state index in [2.05, 4.69) is 17.6 Å². The zero-order chi connectivity index (χ0) is 14.8. The molecule has 1 aliphatic heterocycles. The van der Waals surface area contributed by atoms with Crippen LogP contribution in [0.15, 0.2) is 29.2 Å². The monoisotopic (exact) mass is 296 g/mol. The largest absolute Gasteiger partial charge is 0.349 e. The maximum atomic E-state index is 12.2. The summed E-state index contributed by atoms with van der Waals surface area (Å²) in [5.74, 6) is 0.153. The summed E-state index contributed by atoms with van der Waals surface area (Å²) in [4.78, 5) is 12.4. The molecule has 6 heteroatoms. The average molecular weight is 296 g/mol. The summed E-state index contributed by atoms with van der Waals surface area (Å²) in [6.07, 6.45) is 2.03. The van der Waals surface area contributed by atoms with Crippen molar-refractivity contribution in [2.45, 2.75) is 24.3 Å². The van der Waals surface area contributed by atoms with Gasteiger partial charge in [0, 0.05) is 17.9 Å². The molecule has 0 saturated carbocycles. The van der Waals surface area contributed by atoms with E-state index in [0.29, 0.717) is 11.5 Å². The zero-order valence-electron chi connectivity index (χ0n) is 11.7. The lowest BCUT2D eigenvalue weighted by molar-refractivity contribution is 0.0914. The Hall–Kier alpha value is -1.40. The van der Waals surface area contributed by atoms with Gasteiger partial charge in [-0.05, 0) is 43.6 Å². The minimum absolute atomic E-state index is 0.130. The van der Waals surface area contributed by atoms with Crippen molar-refractivity contribution in [3.8, 4) is 0 Å². The van der Waals surface area contributed by atoms with Crippen LogP contribution in [0.25, 0.3) is 0 Å². The van der Waals surface area contributed by atoms with E-state index in [1.165, 1.54) is 12.1 Å². The predicted molar refractivity (Wildman–Crippen MR) is 77.5 cm³/mol. The van der Waals surface area contributed by atoms with Gasteiger partial charge in [-0.25, -0.2) is 8.42 Å². The smallest absolute Gasteiger partial charge is 0.251 e. The Morgan fingerprint density at radius 2 is 2.15 bits per heavy atom. The van der Waals surface area contributed by atoms with Crippen LogP contribution in [0.5, 0.6) is 0 Å². The van der Waals surface area contributed by atoms with Crippen molar-refractivity contribution < 1.29 is 13.2 Å². The summed E-state index contributed by atoms with van der Waals surface area (Å²) in [5, 5.41) is 6.27. The molecule has 0 spiro atoms. The van der Waals surface area contributed by atoms with Crippen molar-refractivity contribution in [2.24, 2.45) is 5.92 Å². The molecule has 1 fully saturated rings. The number of hydrogen-bond donors (Lipinski definition) is 2. The van der Waals surface area contributed by atoms with E-state index < -0.39 is 9.84 Å². The van der Waals surface area contributed by atoms with Gasteiger partial charge >= 0.3 is 0 Å². The second-order valence-electron chi connectivity index (χ2n) is 5.35. The van der Waals surface area contributed by atoms with Gasteiger partial charge in [-0.2, -0.15) is 0 Å². The Bertz CT molecular complexity index is 598. The van der Waals surface area contributed by atoms with Crippen molar-refractivity contribution in [3.63, 3.8) is 0 Å². The van der Waals surface area contributed by atoms with Crippen LogP contribution >= 0.6 is 0 Å². The fourth-order valence-corrected chi connectivity index (χ4v) is 3.02. The molecule has 2 unspecified atom stereocenters. The number of piperidine rings is 1.